The van der Waals surface area contributed by atoms with E-state index in [2.05, 4.69) is 23.8 Å². The van der Waals surface area contributed by atoms with Gasteiger partial charge in [-0.1, -0.05) is 24.3 Å². The number of hydrogen-bond donors (Lipinski definition) is 1. The first kappa shape index (κ1) is 11.7. The Kier molecular flexibility index (Phi) is 2.71. The summed E-state index contributed by atoms with van der Waals surface area (Å²) in [6, 6.07) is 10.3. The van der Waals surface area contributed by atoms with Crippen LogP contribution in [0.3, 0.4) is 0 Å². The van der Waals surface area contributed by atoms with Crippen molar-refractivity contribution in [2.24, 2.45) is 0 Å². The van der Waals surface area contributed by atoms with Crippen LogP contribution in [-0.2, 0) is 0 Å². The Bertz CT molecular complexity index is 723. The molecule has 0 atom stereocenters. The van der Waals surface area contributed by atoms with Crippen LogP contribution in [0.4, 0.5) is 5.82 Å². The van der Waals surface area contributed by atoms with Crippen LogP contribution < -0.4 is 5.73 Å². The Labute approximate surface area is 111 Å². The van der Waals surface area contributed by atoms with E-state index in [4.69, 9.17) is 5.73 Å². The predicted octanol–water partition coefficient (Wildman–Crippen LogP) is 3.26. The third kappa shape index (κ3) is 1.85. The number of para-hydroxylation sites is 1. The van der Waals surface area contributed by atoms with Gasteiger partial charge in [-0.05, 0) is 19.9 Å². The van der Waals surface area contributed by atoms with Gasteiger partial charge in [0.25, 0.3) is 0 Å². The lowest BCUT2D eigenvalue weighted by atomic mass is 10.1. The Morgan fingerprint density at radius 1 is 1.11 bits per heavy atom. The molecule has 1 aromatic carbocycles. The molecule has 0 spiro atoms. The average molecular weight is 252 g/mol. The lowest BCUT2D eigenvalue weighted by molar-refractivity contribution is 0.607. The highest BCUT2D eigenvalue weighted by atomic mass is 15.1. The number of hydrogen-bond acceptors (Lipinski definition) is 3. The fourth-order valence-corrected chi connectivity index (χ4v) is 2.28. The number of pyridine rings is 1. The van der Waals surface area contributed by atoms with Crippen molar-refractivity contribution in [2.45, 2.75) is 19.9 Å². The van der Waals surface area contributed by atoms with Crippen molar-refractivity contribution in [1.29, 1.82) is 0 Å². The number of anilines is 1. The second-order valence-corrected chi connectivity index (χ2v) is 4.86. The molecular formula is C15H16N4. The molecule has 0 aliphatic heterocycles. The van der Waals surface area contributed by atoms with Crippen molar-refractivity contribution in [1.82, 2.24) is 14.5 Å². The maximum Gasteiger partial charge on any atom is 0.131 e. The van der Waals surface area contributed by atoms with E-state index in [9.17, 15) is 0 Å². The molecule has 0 fully saturated rings. The molecule has 2 aromatic heterocycles. The average Bonchev–Trinajstić information content (AvgIpc) is 2.80. The van der Waals surface area contributed by atoms with Crippen molar-refractivity contribution in [3.05, 3.63) is 42.9 Å². The van der Waals surface area contributed by atoms with Crippen molar-refractivity contribution < 1.29 is 0 Å². The molecule has 4 nitrogen and oxygen atoms in total. The summed E-state index contributed by atoms with van der Waals surface area (Å²) in [5.41, 5.74) is 8.92. The summed E-state index contributed by atoms with van der Waals surface area (Å²) in [5.74, 6) is 0.688. The van der Waals surface area contributed by atoms with E-state index in [0.29, 0.717) is 11.9 Å². The van der Waals surface area contributed by atoms with Crippen LogP contribution in [0.1, 0.15) is 19.9 Å². The largest absolute Gasteiger partial charge is 0.383 e. The number of nitrogens with two attached hydrogens (primary N) is 1. The standard InChI is InChI=1S/C15H16N4/c1-10(2)19-9-18-14(15(19)16)12-7-3-5-11-6-4-8-17-13(11)12/h3-10H,16H2,1-2H3. The highest BCUT2D eigenvalue weighted by Gasteiger charge is 2.14. The van der Waals surface area contributed by atoms with Gasteiger partial charge in [0.05, 0.1) is 11.8 Å². The summed E-state index contributed by atoms with van der Waals surface area (Å²) >= 11 is 0. The summed E-state index contributed by atoms with van der Waals surface area (Å²) in [6.07, 6.45) is 3.58. The highest BCUT2D eigenvalue weighted by molar-refractivity contribution is 5.94. The van der Waals surface area contributed by atoms with Crippen molar-refractivity contribution in [2.75, 3.05) is 5.73 Å². The zero-order chi connectivity index (χ0) is 13.4. The molecule has 0 aliphatic carbocycles. The van der Waals surface area contributed by atoms with Gasteiger partial charge in [-0.3, -0.25) is 4.98 Å². The van der Waals surface area contributed by atoms with E-state index < -0.39 is 0 Å². The third-order valence-corrected chi connectivity index (χ3v) is 3.28. The molecule has 0 amide bonds. The minimum Gasteiger partial charge on any atom is -0.383 e. The molecule has 2 heterocycles. The van der Waals surface area contributed by atoms with E-state index in [1.54, 1.807) is 12.5 Å². The van der Waals surface area contributed by atoms with Gasteiger partial charge in [-0.25, -0.2) is 4.98 Å². The lowest BCUT2D eigenvalue weighted by Gasteiger charge is -2.09. The number of nitrogen functional groups attached to an aromatic ring is 1. The van der Waals surface area contributed by atoms with Gasteiger partial charge >= 0.3 is 0 Å². The van der Waals surface area contributed by atoms with Crippen LogP contribution in [-0.4, -0.2) is 14.5 Å². The second kappa shape index (κ2) is 4.39. The van der Waals surface area contributed by atoms with E-state index in [-0.39, 0.29) is 0 Å². The van der Waals surface area contributed by atoms with Crippen LogP contribution in [0.25, 0.3) is 22.2 Å². The monoisotopic (exact) mass is 252 g/mol. The molecular weight excluding hydrogens is 236 g/mol. The van der Waals surface area contributed by atoms with Gasteiger partial charge in [0.15, 0.2) is 0 Å². The van der Waals surface area contributed by atoms with Crippen LogP contribution in [0.5, 0.6) is 0 Å². The Hall–Kier alpha value is -2.36. The Morgan fingerprint density at radius 3 is 2.63 bits per heavy atom. The van der Waals surface area contributed by atoms with Crippen molar-refractivity contribution in [3.8, 4) is 11.3 Å². The second-order valence-electron chi connectivity index (χ2n) is 4.86. The maximum atomic E-state index is 6.20. The molecule has 2 N–H and O–H groups in total. The molecule has 4 heteroatoms. The smallest absolute Gasteiger partial charge is 0.131 e. The van der Waals surface area contributed by atoms with Gasteiger partial charge in [0.1, 0.15) is 11.5 Å². The molecule has 0 saturated heterocycles. The number of rotatable bonds is 2. The van der Waals surface area contributed by atoms with Gasteiger partial charge < -0.3 is 10.3 Å². The van der Waals surface area contributed by atoms with Crippen LogP contribution in [0, 0.1) is 0 Å². The van der Waals surface area contributed by atoms with Gasteiger partial charge in [-0.2, -0.15) is 0 Å². The number of nitrogens with zero attached hydrogens (tertiary/aromatic N) is 3. The Balaban J connectivity index is 2.25. The van der Waals surface area contributed by atoms with Gasteiger partial charge in [-0.15, -0.1) is 0 Å². The molecule has 0 saturated carbocycles. The summed E-state index contributed by atoms with van der Waals surface area (Å²) in [7, 11) is 0. The third-order valence-electron chi connectivity index (χ3n) is 3.28. The molecule has 0 unspecified atom stereocenters. The maximum absolute atomic E-state index is 6.20. The predicted molar refractivity (Wildman–Crippen MR) is 77.8 cm³/mol. The first-order valence-electron chi connectivity index (χ1n) is 6.35. The molecule has 0 bridgehead atoms. The minimum absolute atomic E-state index is 0.296. The summed E-state index contributed by atoms with van der Waals surface area (Å²) < 4.78 is 1.97. The molecule has 3 aromatic rings. The fourth-order valence-electron chi connectivity index (χ4n) is 2.28. The highest BCUT2D eigenvalue weighted by Crippen LogP contribution is 2.31. The molecule has 19 heavy (non-hydrogen) atoms. The number of fused-ring (bicyclic) bond motifs is 1. The molecule has 0 aliphatic rings. The zero-order valence-electron chi connectivity index (χ0n) is 11.0. The number of benzene rings is 1. The van der Waals surface area contributed by atoms with E-state index in [1.807, 2.05) is 34.9 Å². The molecule has 3 rings (SSSR count). The van der Waals surface area contributed by atoms with E-state index in [1.165, 1.54) is 0 Å². The molecule has 0 radical (unpaired) electrons. The summed E-state index contributed by atoms with van der Waals surface area (Å²) in [5, 5.41) is 1.10. The lowest BCUT2D eigenvalue weighted by Crippen LogP contribution is -2.04. The SMILES string of the molecule is CC(C)n1cnc(-c2cccc3cccnc23)c1N. The van der Waals surface area contributed by atoms with Gasteiger partial charge in [0, 0.05) is 23.2 Å². The Morgan fingerprint density at radius 2 is 1.89 bits per heavy atom. The quantitative estimate of drug-likeness (QED) is 0.761. The first-order valence-corrected chi connectivity index (χ1v) is 6.35. The van der Waals surface area contributed by atoms with Gasteiger partial charge in [0.2, 0.25) is 0 Å². The topological polar surface area (TPSA) is 56.7 Å². The first-order chi connectivity index (χ1) is 9.18. The van der Waals surface area contributed by atoms with Crippen LogP contribution in [0.15, 0.2) is 42.9 Å². The van der Waals surface area contributed by atoms with Crippen molar-refractivity contribution in [3.63, 3.8) is 0 Å². The summed E-state index contributed by atoms with van der Waals surface area (Å²) in [6.45, 7) is 4.17. The van der Waals surface area contributed by atoms with Crippen molar-refractivity contribution >= 4 is 16.7 Å². The van der Waals surface area contributed by atoms with Crippen LogP contribution in [0.2, 0.25) is 0 Å². The van der Waals surface area contributed by atoms with E-state index >= 15 is 0 Å². The normalized spacial score (nSPS) is 11.3. The van der Waals surface area contributed by atoms with E-state index in [0.717, 1.165) is 22.2 Å². The number of imidazole rings is 1. The van der Waals surface area contributed by atoms with Crippen LogP contribution >= 0.6 is 0 Å². The number of aromatic nitrogens is 3. The summed E-state index contributed by atoms with van der Waals surface area (Å²) in [4.78, 5) is 8.90. The fraction of sp³-hybridized carbons (Fsp3) is 0.200. The minimum atomic E-state index is 0.296. The zero-order valence-corrected chi connectivity index (χ0v) is 11.0. The molecule has 96 valence electrons.